The van der Waals surface area contributed by atoms with Gasteiger partial charge in [-0.05, 0) is 48.4 Å². The Hall–Kier alpha value is -1.77. The lowest BCUT2D eigenvalue weighted by Gasteiger charge is -2.10. The van der Waals surface area contributed by atoms with Crippen LogP contribution in [0.2, 0.25) is 0 Å². The van der Waals surface area contributed by atoms with Crippen molar-refractivity contribution >= 4 is 0 Å². The number of hydrogen-bond acceptors (Lipinski definition) is 2. The number of aromatic nitrogens is 2. The number of rotatable bonds is 3. The number of aryl methyl sites for hydroxylation is 1. The summed E-state index contributed by atoms with van der Waals surface area (Å²) in [5.41, 5.74) is 4.05. The van der Waals surface area contributed by atoms with Crippen LogP contribution in [-0.2, 0) is 12.8 Å². The van der Waals surface area contributed by atoms with Crippen LogP contribution in [0.15, 0.2) is 30.7 Å². The van der Waals surface area contributed by atoms with Gasteiger partial charge >= 0.3 is 0 Å². The second-order valence-corrected chi connectivity index (χ2v) is 4.57. The molecule has 1 N–H and O–H groups in total. The van der Waals surface area contributed by atoms with Crippen molar-refractivity contribution in [2.45, 2.75) is 25.2 Å². The molecular formula is C14H16N2O. The van der Waals surface area contributed by atoms with Crippen LogP contribution in [-0.4, -0.2) is 17.1 Å². The summed E-state index contributed by atoms with van der Waals surface area (Å²) in [5, 5.41) is 0. The minimum atomic E-state index is 0.610. The topological polar surface area (TPSA) is 37.9 Å². The van der Waals surface area contributed by atoms with E-state index in [0.717, 1.165) is 24.3 Å². The van der Waals surface area contributed by atoms with E-state index >= 15 is 0 Å². The Bertz CT molecular complexity index is 505. The fraction of sp³-hybridized carbons (Fsp3) is 0.357. The fourth-order valence-electron chi connectivity index (χ4n) is 2.68. The summed E-state index contributed by atoms with van der Waals surface area (Å²) < 4.78 is 5.26. The van der Waals surface area contributed by atoms with Gasteiger partial charge in [-0.15, -0.1) is 0 Å². The third-order valence-electron chi connectivity index (χ3n) is 3.56. The SMILES string of the molecule is COc1ccc2c(c1)CCC2Cc1c[nH]cn1. The van der Waals surface area contributed by atoms with Crippen LogP contribution in [0.25, 0.3) is 0 Å². The molecule has 3 heteroatoms. The van der Waals surface area contributed by atoms with E-state index in [4.69, 9.17) is 4.74 Å². The van der Waals surface area contributed by atoms with Gasteiger partial charge in [-0.1, -0.05) is 6.07 Å². The van der Waals surface area contributed by atoms with Crippen LogP contribution in [0, 0.1) is 0 Å². The van der Waals surface area contributed by atoms with E-state index in [1.807, 2.05) is 6.20 Å². The maximum Gasteiger partial charge on any atom is 0.119 e. The molecule has 1 aliphatic carbocycles. The maximum atomic E-state index is 5.26. The number of aromatic amines is 1. The zero-order chi connectivity index (χ0) is 11.7. The molecule has 17 heavy (non-hydrogen) atoms. The molecule has 0 radical (unpaired) electrons. The second-order valence-electron chi connectivity index (χ2n) is 4.57. The molecule has 0 amide bonds. The van der Waals surface area contributed by atoms with E-state index in [1.165, 1.54) is 17.5 Å². The molecule has 1 unspecified atom stereocenters. The first-order chi connectivity index (χ1) is 8.36. The zero-order valence-electron chi connectivity index (χ0n) is 9.94. The quantitative estimate of drug-likeness (QED) is 0.877. The molecule has 1 heterocycles. The Morgan fingerprint density at radius 3 is 3.18 bits per heavy atom. The van der Waals surface area contributed by atoms with E-state index in [-0.39, 0.29) is 0 Å². The van der Waals surface area contributed by atoms with Crippen LogP contribution >= 0.6 is 0 Å². The second kappa shape index (κ2) is 4.24. The van der Waals surface area contributed by atoms with Crippen molar-refractivity contribution in [2.24, 2.45) is 0 Å². The highest BCUT2D eigenvalue weighted by molar-refractivity contribution is 5.41. The summed E-state index contributed by atoms with van der Waals surface area (Å²) in [6.07, 6.45) is 7.14. The number of nitrogens with one attached hydrogen (secondary N) is 1. The lowest BCUT2D eigenvalue weighted by molar-refractivity contribution is 0.414. The molecule has 1 aromatic carbocycles. The van der Waals surface area contributed by atoms with Gasteiger partial charge in [0.2, 0.25) is 0 Å². The molecule has 1 aromatic heterocycles. The van der Waals surface area contributed by atoms with Crippen LogP contribution in [0.5, 0.6) is 5.75 Å². The first-order valence-corrected chi connectivity index (χ1v) is 6.01. The van der Waals surface area contributed by atoms with Crippen molar-refractivity contribution in [3.63, 3.8) is 0 Å². The van der Waals surface area contributed by atoms with E-state index in [1.54, 1.807) is 13.4 Å². The lowest BCUT2D eigenvalue weighted by Crippen LogP contribution is -1.99. The first-order valence-electron chi connectivity index (χ1n) is 6.01. The smallest absolute Gasteiger partial charge is 0.119 e. The number of H-pyrrole nitrogens is 1. The van der Waals surface area contributed by atoms with Crippen molar-refractivity contribution in [3.8, 4) is 5.75 Å². The molecule has 0 spiro atoms. The van der Waals surface area contributed by atoms with Gasteiger partial charge in [-0.2, -0.15) is 0 Å². The van der Waals surface area contributed by atoms with Crippen molar-refractivity contribution in [3.05, 3.63) is 47.5 Å². The van der Waals surface area contributed by atoms with Crippen LogP contribution in [0.4, 0.5) is 0 Å². The molecule has 1 aliphatic rings. The van der Waals surface area contributed by atoms with E-state index in [9.17, 15) is 0 Å². The van der Waals surface area contributed by atoms with Crippen molar-refractivity contribution in [1.29, 1.82) is 0 Å². The van der Waals surface area contributed by atoms with Crippen LogP contribution in [0.3, 0.4) is 0 Å². The van der Waals surface area contributed by atoms with Crippen molar-refractivity contribution < 1.29 is 4.74 Å². The monoisotopic (exact) mass is 228 g/mol. The summed E-state index contributed by atoms with van der Waals surface area (Å²) >= 11 is 0. The van der Waals surface area contributed by atoms with Gasteiger partial charge in [-0.3, -0.25) is 0 Å². The number of hydrogen-bond donors (Lipinski definition) is 1. The molecule has 1 atom stereocenters. The molecule has 0 fully saturated rings. The highest BCUT2D eigenvalue weighted by atomic mass is 16.5. The Morgan fingerprint density at radius 1 is 1.47 bits per heavy atom. The summed E-state index contributed by atoms with van der Waals surface area (Å²) in [6.45, 7) is 0. The predicted octanol–water partition coefficient (Wildman–Crippen LogP) is 2.69. The predicted molar refractivity (Wildman–Crippen MR) is 66.3 cm³/mol. The van der Waals surface area contributed by atoms with Crippen LogP contribution < -0.4 is 4.74 Å². The normalized spacial score (nSPS) is 18.1. The van der Waals surface area contributed by atoms with Gasteiger partial charge in [0, 0.05) is 6.20 Å². The molecule has 88 valence electrons. The molecule has 0 bridgehead atoms. The van der Waals surface area contributed by atoms with Gasteiger partial charge in [0.25, 0.3) is 0 Å². The molecule has 0 saturated carbocycles. The zero-order valence-corrected chi connectivity index (χ0v) is 9.94. The van der Waals surface area contributed by atoms with Crippen molar-refractivity contribution in [1.82, 2.24) is 9.97 Å². The maximum absolute atomic E-state index is 5.26. The number of benzene rings is 1. The Balaban J connectivity index is 1.84. The lowest BCUT2D eigenvalue weighted by atomic mass is 9.96. The summed E-state index contributed by atoms with van der Waals surface area (Å²) in [7, 11) is 1.72. The average Bonchev–Trinajstić information content (AvgIpc) is 2.99. The minimum Gasteiger partial charge on any atom is -0.497 e. The largest absolute Gasteiger partial charge is 0.497 e. The third kappa shape index (κ3) is 1.93. The molecule has 3 rings (SSSR count). The van der Waals surface area contributed by atoms with Gasteiger partial charge < -0.3 is 9.72 Å². The Kier molecular flexibility index (Phi) is 2.59. The minimum absolute atomic E-state index is 0.610. The molecule has 0 aliphatic heterocycles. The van der Waals surface area contributed by atoms with Gasteiger partial charge in [-0.25, -0.2) is 4.98 Å². The fourth-order valence-corrected chi connectivity index (χ4v) is 2.68. The summed E-state index contributed by atoms with van der Waals surface area (Å²) in [5.74, 6) is 1.57. The molecule has 3 nitrogen and oxygen atoms in total. The number of ether oxygens (including phenoxy) is 1. The number of nitrogens with zero attached hydrogens (tertiary/aromatic N) is 1. The summed E-state index contributed by atoms with van der Waals surface area (Å²) in [6, 6.07) is 6.43. The molecule has 0 saturated heterocycles. The van der Waals surface area contributed by atoms with Crippen molar-refractivity contribution in [2.75, 3.05) is 7.11 Å². The first kappa shape index (κ1) is 10.4. The number of methoxy groups -OCH3 is 1. The van der Waals surface area contributed by atoms with Gasteiger partial charge in [0.1, 0.15) is 5.75 Å². The third-order valence-corrected chi connectivity index (χ3v) is 3.56. The van der Waals surface area contributed by atoms with Gasteiger partial charge in [0.15, 0.2) is 0 Å². The van der Waals surface area contributed by atoms with Gasteiger partial charge in [0.05, 0.1) is 19.1 Å². The number of fused-ring (bicyclic) bond motifs is 1. The standard InChI is InChI=1S/C14H16N2O/c1-17-13-4-5-14-10(2-3-11(14)7-13)6-12-8-15-9-16-12/h4-5,7-10H,2-3,6H2,1H3,(H,15,16). The molecule has 2 aromatic rings. The van der Waals surface area contributed by atoms with E-state index < -0.39 is 0 Å². The Morgan fingerprint density at radius 2 is 2.41 bits per heavy atom. The Labute approximate surface area is 101 Å². The molecular weight excluding hydrogens is 212 g/mol. The van der Waals surface area contributed by atoms with E-state index in [0.29, 0.717) is 5.92 Å². The summed E-state index contributed by atoms with van der Waals surface area (Å²) in [4.78, 5) is 7.32. The number of imidazole rings is 1. The highest BCUT2D eigenvalue weighted by Gasteiger charge is 2.23. The van der Waals surface area contributed by atoms with Crippen LogP contribution in [0.1, 0.15) is 29.2 Å². The van der Waals surface area contributed by atoms with E-state index in [2.05, 4.69) is 28.2 Å². The average molecular weight is 228 g/mol. The highest BCUT2D eigenvalue weighted by Crippen LogP contribution is 2.36.